The molecule has 1 fully saturated rings. The van der Waals surface area contributed by atoms with Gasteiger partial charge in [-0.15, -0.1) is 0 Å². The summed E-state index contributed by atoms with van der Waals surface area (Å²) in [6.07, 6.45) is 2.44. The summed E-state index contributed by atoms with van der Waals surface area (Å²) in [5.41, 5.74) is 7.18. The first kappa shape index (κ1) is 23.0. The Kier molecular flexibility index (Phi) is 7.09. The molecule has 5 heteroatoms. The average Bonchev–Trinajstić information content (AvgIpc) is 3.20. The van der Waals surface area contributed by atoms with Crippen molar-refractivity contribution in [3.8, 4) is 5.75 Å². The second-order valence-electron chi connectivity index (χ2n) is 8.77. The number of likely N-dealkylation sites (tertiary alicyclic amines) is 1. The second kappa shape index (κ2) is 10.2. The van der Waals surface area contributed by atoms with Gasteiger partial charge in [0.15, 0.2) is 11.6 Å². The smallest absolute Gasteiger partial charge is 0.232 e. The Morgan fingerprint density at radius 1 is 1.00 bits per heavy atom. The summed E-state index contributed by atoms with van der Waals surface area (Å²) in [4.78, 5) is 15.7. The van der Waals surface area contributed by atoms with Gasteiger partial charge in [0, 0.05) is 6.04 Å². The number of ether oxygens (including phenoxy) is 1. The molecule has 1 aliphatic rings. The summed E-state index contributed by atoms with van der Waals surface area (Å²) in [5, 5.41) is 0. The first-order valence-electron chi connectivity index (χ1n) is 11.5. The average molecular weight is 447 g/mol. The first-order chi connectivity index (χ1) is 16.0. The Morgan fingerprint density at radius 3 is 2.15 bits per heavy atom. The van der Waals surface area contributed by atoms with E-state index in [1.165, 1.54) is 6.07 Å². The van der Waals surface area contributed by atoms with E-state index in [4.69, 9.17) is 10.5 Å². The van der Waals surface area contributed by atoms with E-state index in [0.29, 0.717) is 6.61 Å². The molecule has 2 N–H and O–H groups in total. The molecule has 0 bridgehead atoms. The number of halogens is 1. The number of hydrogen-bond acceptors (Lipinski definition) is 3. The highest BCUT2D eigenvalue weighted by molar-refractivity contribution is 5.91. The third kappa shape index (κ3) is 4.51. The maximum Gasteiger partial charge on any atom is 0.232 e. The zero-order chi connectivity index (χ0) is 23.3. The molecule has 2 atom stereocenters. The van der Waals surface area contributed by atoms with Gasteiger partial charge < -0.3 is 15.4 Å². The van der Waals surface area contributed by atoms with E-state index in [0.717, 1.165) is 36.9 Å². The lowest BCUT2D eigenvalue weighted by Gasteiger charge is -2.41. The van der Waals surface area contributed by atoms with E-state index in [1.54, 1.807) is 18.2 Å². The van der Waals surface area contributed by atoms with Gasteiger partial charge in [-0.3, -0.25) is 4.79 Å². The molecule has 0 aliphatic carbocycles. The quantitative estimate of drug-likeness (QED) is 0.482. The lowest BCUT2D eigenvalue weighted by atomic mass is 9.62. The van der Waals surface area contributed by atoms with Crippen molar-refractivity contribution in [2.75, 3.05) is 20.2 Å². The Balaban J connectivity index is 1.62. The van der Waals surface area contributed by atoms with Crippen molar-refractivity contribution in [3.05, 3.63) is 102 Å². The summed E-state index contributed by atoms with van der Waals surface area (Å²) in [6, 6.07) is 26.4. The third-order valence-electron chi connectivity index (χ3n) is 6.96. The van der Waals surface area contributed by atoms with Crippen LogP contribution >= 0.6 is 0 Å². The minimum absolute atomic E-state index is 0.0123. The molecule has 1 aliphatic heterocycles. The third-order valence-corrected chi connectivity index (χ3v) is 6.96. The SMILES string of the molecule is CN1CC[C@@H](C(C(N)=O)(c2ccccc2)c2ccccc2)[C@@H]1CCCOc1ccccc1F. The molecule has 1 amide bonds. The minimum Gasteiger partial charge on any atom is -0.491 e. The molecule has 3 aromatic carbocycles. The maximum atomic E-state index is 13.9. The highest BCUT2D eigenvalue weighted by Crippen LogP contribution is 2.47. The Hall–Kier alpha value is -3.18. The van der Waals surface area contributed by atoms with Gasteiger partial charge in [0.2, 0.25) is 5.91 Å². The summed E-state index contributed by atoms with van der Waals surface area (Å²) in [6.45, 7) is 1.30. The highest BCUT2D eigenvalue weighted by atomic mass is 19.1. The van der Waals surface area contributed by atoms with E-state index in [1.807, 2.05) is 60.7 Å². The molecule has 3 aromatic rings. The molecule has 33 heavy (non-hydrogen) atoms. The van der Waals surface area contributed by atoms with Crippen LogP contribution in [0.4, 0.5) is 4.39 Å². The van der Waals surface area contributed by atoms with Gasteiger partial charge in [0.05, 0.1) is 6.61 Å². The van der Waals surface area contributed by atoms with Crippen LogP contribution in [0.25, 0.3) is 0 Å². The molecule has 4 nitrogen and oxygen atoms in total. The molecular formula is C28H31FN2O2. The number of para-hydroxylation sites is 1. The number of nitrogens with two attached hydrogens (primary N) is 1. The standard InChI is InChI=1S/C28H31FN2O2/c1-31-19-18-23(25(31)16-10-20-33-26-17-9-8-15-24(26)29)28(27(30)32,21-11-4-2-5-12-21)22-13-6-3-7-14-22/h2-9,11-15,17,23,25H,10,16,18-20H2,1H3,(H2,30,32)/t23-,25+/m1/s1. The number of carbonyl (C=O) groups excluding carboxylic acids is 1. The van der Waals surface area contributed by atoms with Crippen LogP contribution < -0.4 is 10.5 Å². The van der Waals surface area contributed by atoms with Gasteiger partial charge in [0.1, 0.15) is 5.41 Å². The van der Waals surface area contributed by atoms with Crippen LogP contribution in [0.3, 0.4) is 0 Å². The largest absolute Gasteiger partial charge is 0.491 e. The number of benzene rings is 3. The molecule has 0 saturated carbocycles. The van der Waals surface area contributed by atoms with Crippen LogP contribution in [0.5, 0.6) is 5.75 Å². The fourth-order valence-electron chi connectivity index (χ4n) is 5.44. The van der Waals surface area contributed by atoms with E-state index in [2.05, 4.69) is 11.9 Å². The number of nitrogens with zero attached hydrogens (tertiary/aromatic N) is 1. The zero-order valence-corrected chi connectivity index (χ0v) is 19.0. The fraction of sp³-hybridized carbons (Fsp3) is 0.321. The van der Waals surface area contributed by atoms with Crippen LogP contribution in [0.1, 0.15) is 30.4 Å². The summed E-state index contributed by atoms with van der Waals surface area (Å²) < 4.78 is 19.6. The molecular weight excluding hydrogens is 415 g/mol. The topological polar surface area (TPSA) is 55.6 Å². The van der Waals surface area contributed by atoms with E-state index >= 15 is 0 Å². The lowest BCUT2D eigenvalue weighted by Crippen LogP contribution is -2.52. The molecule has 1 saturated heterocycles. The van der Waals surface area contributed by atoms with Gasteiger partial charge in [-0.2, -0.15) is 0 Å². The van der Waals surface area contributed by atoms with E-state index in [9.17, 15) is 9.18 Å². The number of carbonyl (C=O) groups is 1. The van der Waals surface area contributed by atoms with Crippen LogP contribution in [-0.2, 0) is 10.2 Å². The van der Waals surface area contributed by atoms with Crippen LogP contribution in [0.15, 0.2) is 84.9 Å². The maximum absolute atomic E-state index is 13.9. The summed E-state index contributed by atoms with van der Waals surface area (Å²) in [7, 11) is 2.10. The van der Waals surface area contributed by atoms with Gasteiger partial charge in [-0.25, -0.2) is 4.39 Å². The molecule has 0 unspecified atom stereocenters. The number of hydrogen-bond donors (Lipinski definition) is 1. The van der Waals surface area contributed by atoms with Crippen molar-refractivity contribution >= 4 is 5.91 Å². The first-order valence-corrected chi connectivity index (χ1v) is 11.5. The van der Waals surface area contributed by atoms with E-state index < -0.39 is 5.41 Å². The van der Waals surface area contributed by atoms with Gasteiger partial charge in [0.25, 0.3) is 0 Å². The van der Waals surface area contributed by atoms with Crippen molar-refractivity contribution < 1.29 is 13.9 Å². The Labute approximate surface area is 195 Å². The predicted molar refractivity (Wildman–Crippen MR) is 129 cm³/mol. The molecule has 0 aromatic heterocycles. The van der Waals surface area contributed by atoms with Crippen LogP contribution in [0, 0.1) is 11.7 Å². The van der Waals surface area contributed by atoms with Crippen molar-refractivity contribution in [2.45, 2.75) is 30.7 Å². The van der Waals surface area contributed by atoms with Gasteiger partial charge in [-0.1, -0.05) is 72.8 Å². The molecule has 1 heterocycles. The highest BCUT2D eigenvalue weighted by Gasteiger charge is 2.52. The number of rotatable bonds is 9. The Morgan fingerprint density at radius 2 is 1.58 bits per heavy atom. The number of amides is 1. The van der Waals surface area contributed by atoms with Gasteiger partial charge in [-0.05, 0) is 62.0 Å². The van der Waals surface area contributed by atoms with Crippen molar-refractivity contribution in [2.24, 2.45) is 11.7 Å². The van der Waals surface area contributed by atoms with Crippen LogP contribution in [-0.4, -0.2) is 37.0 Å². The fourth-order valence-corrected chi connectivity index (χ4v) is 5.44. The lowest BCUT2D eigenvalue weighted by molar-refractivity contribution is -0.124. The van der Waals surface area contributed by atoms with Crippen molar-refractivity contribution in [3.63, 3.8) is 0 Å². The van der Waals surface area contributed by atoms with Gasteiger partial charge >= 0.3 is 0 Å². The van der Waals surface area contributed by atoms with Crippen molar-refractivity contribution in [1.82, 2.24) is 4.90 Å². The normalized spacial score (nSPS) is 18.8. The monoisotopic (exact) mass is 446 g/mol. The zero-order valence-electron chi connectivity index (χ0n) is 19.0. The Bertz CT molecular complexity index is 1020. The van der Waals surface area contributed by atoms with E-state index in [-0.39, 0.29) is 29.4 Å². The summed E-state index contributed by atoms with van der Waals surface area (Å²) >= 11 is 0. The molecule has 4 rings (SSSR count). The molecule has 0 spiro atoms. The van der Waals surface area contributed by atoms with Crippen LogP contribution in [0.2, 0.25) is 0 Å². The number of primary amides is 1. The molecule has 0 radical (unpaired) electrons. The molecule has 172 valence electrons. The summed E-state index contributed by atoms with van der Waals surface area (Å²) in [5.74, 6) is -0.394. The second-order valence-corrected chi connectivity index (χ2v) is 8.77. The minimum atomic E-state index is -0.926. The van der Waals surface area contributed by atoms with Crippen molar-refractivity contribution in [1.29, 1.82) is 0 Å². The predicted octanol–water partition coefficient (Wildman–Crippen LogP) is 4.78.